The first-order chi connectivity index (χ1) is 15.1. The molecule has 0 saturated carbocycles. The Labute approximate surface area is 182 Å². The highest BCUT2D eigenvalue weighted by Gasteiger charge is 2.65. The molecule has 0 N–H and O–H groups in total. The van der Waals surface area contributed by atoms with Crippen LogP contribution in [0.25, 0.3) is 0 Å². The maximum absolute atomic E-state index is 6.65. The largest absolute Gasteiger partial charge is 0.776 e. The zero-order valence-electron chi connectivity index (χ0n) is 18.1. The van der Waals surface area contributed by atoms with Gasteiger partial charge in [-0.25, -0.2) is 0 Å². The Kier molecular flexibility index (Phi) is 4.54. The quantitative estimate of drug-likeness (QED) is 0.581. The summed E-state index contributed by atoms with van der Waals surface area (Å²) in [5, 5.41) is 0. The van der Waals surface area contributed by atoms with Crippen molar-refractivity contribution < 1.29 is 23.3 Å². The summed E-state index contributed by atoms with van der Waals surface area (Å²) in [7, 11) is 3.34. The van der Waals surface area contributed by atoms with E-state index in [4.69, 9.17) is 18.8 Å². The van der Waals surface area contributed by atoms with Gasteiger partial charge in [0.2, 0.25) is 0 Å². The van der Waals surface area contributed by atoms with Crippen molar-refractivity contribution in [1.29, 1.82) is 0 Å². The van der Waals surface area contributed by atoms with Crippen LogP contribution in [0.15, 0.2) is 72.8 Å². The van der Waals surface area contributed by atoms with Crippen LogP contribution >= 0.6 is 0 Å². The summed E-state index contributed by atoms with van der Waals surface area (Å²) in [6.07, 6.45) is 0. The molecule has 1 atom stereocenters. The molecule has 0 amide bonds. The Morgan fingerprint density at radius 3 is 1.84 bits per heavy atom. The van der Waals surface area contributed by atoms with Gasteiger partial charge in [0, 0.05) is 24.7 Å². The van der Waals surface area contributed by atoms with E-state index in [9.17, 15) is 0 Å². The normalized spacial score (nSPS) is 18.6. The predicted molar refractivity (Wildman–Crippen MR) is 122 cm³/mol. The standard InChI is InChI=1S/C24H25BN2O4/c1-17-18(2)27(20-11-15-22(29-4)16-12-20)25(30-23-7-5-6-8-24(23)31-25)26(17)19-9-13-21(28-3)14-10-19/h5-17H,1-4H3/t17-/m1/s1. The molecule has 1 spiro atoms. The molecule has 0 unspecified atom stereocenters. The average Bonchev–Trinajstić information content (AvgIpc) is 3.28. The van der Waals surface area contributed by atoms with Gasteiger partial charge in [0.1, 0.15) is 28.7 Å². The van der Waals surface area contributed by atoms with E-state index in [0.29, 0.717) is 0 Å². The Balaban J connectivity index is 1.67. The van der Waals surface area contributed by atoms with E-state index in [-0.39, 0.29) is 6.04 Å². The van der Waals surface area contributed by atoms with Crippen LogP contribution in [0.5, 0.6) is 23.0 Å². The average molecular weight is 416 g/mol. The van der Waals surface area contributed by atoms with Crippen LogP contribution < -0.4 is 23.6 Å². The zero-order chi connectivity index (χ0) is 21.6. The minimum Gasteiger partial charge on any atom is -0.599 e. The number of methoxy groups -OCH3 is 2. The third kappa shape index (κ3) is 2.92. The summed E-state index contributed by atoms with van der Waals surface area (Å²) in [5.41, 5.74) is 3.11. The van der Waals surface area contributed by atoms with Crippen molar-refractivity contribution in [3.63, 3.8) is 0 Å². The van der Waals surface area contributed by atoms with E-state index in [1.165, 1.54) is 0 Å². The molecule has 3 aromatic rings. The van der Waals surface area contributed by atoms with Crippen LogP contribution in [-0.2, 0) is 0 Å². The zero-order valence-corrected chi connectivity index (χ0v) is 18.1. The van der Waals surface area contributed by atoms with Crippen molar-refractivity contribution >= 4 is 23.9 Å². The second-order valence-corrected chi connectivity index (χ2v) is 7.81. The van der Waals surface area contributed by atoms with Crippen LogP contribution in [0.1, 0.15) is 13.8 Å². The topological polar surface area (TPSA) is 43.2 Å². The minimum atomic E-state index is -2.07. The maximum atomic E-state index is 6.65. The van der Waals surface area contributed by atoms with E-state index in [2.05, 4.69) is 23.1 Å². The minimum absolute atomic E-state index is 0.0461. The number of para-hydroxylation sites is 2. The second-order valence-electron chi connectivity index (χ2n) is 7.81. The van der Waals surface area contributed by atoms with Crippen LogP contribution in [-0.4, -0.2) is 37.3 Å². The fraction of sp³-hybridized carbons (Fsp3) is 0.208. The van der Waals surface area contributed by atoms with Crippen LogP contribution in [0, 0.1) is 0 Å². The third-order valence-corrected chi connectivity index (χ3v) is 6.21. The number of anilines is 1. The SMILES string of the molecule is COc1ccc(N2[C@H](C)C(C)=[N+](c3ccc(OC)cc3)[B-]23Oc2ccccc2O3)cc1. The van der Waals surface area contributed by atoms with Gasteiger partial charge in [-0.1, -0.05) is 12.1 Å². The molecule has 158 valence electrons. The first kappa shape index (κ1) is 19.4. The van der Waals surface area contributed by atoms with E-state index >= 15 is 0 Å². The van der Waals surface area contributed by atoms with Crippen molar-refractivity contribution in [2.75, 3.05) is 19.0 Å². The van der Waals surface area contributed by atoms with E-state index < -0.39 is 6.82 Å². The molecule has 2 aliphatic heterocycles. The van der Waals surface area contributed by atoms with Gasteiger partial charge >= 0.3 is 6.82 Å². The molecule has 2 heterocycles. The number of benzene rings is 3. The van der Waals surface area contributed by atoms with Gasteiger partial charge in [-0.3, -0.25) is 0 Å². The highest BCUT2D eigenvalue weighted by Crippen LogP contribution is 2.45. The highest BCUT2D eigenvalue weighted by atomic mass is 16.7. The van der Waals surface area contributed by atoms with E-state index in [1.54, 1.807) is 14.2 Å². The van der Waals surface area contributed by atoms with Crippen LogP contribution in [0.4, 0.5) is 11.4 Å². The molecule has 0 bridgehead atoms. The predicted octanol–water partition coefficient (Wildman–Crippen LogP) is 4.62. The summed E-state index contributed by atoms with van der Waals surface area (Å²) in [6, 6.07) is 23.8. The number of nitrogens with zero attached hydrogens (tertiary/aromatic N) is 2. The van der Waals surface area contributed by atoms with Gasteiger partial charge in [0.25, 0.3) is 0 Å². The second kappa shape index (κ2) is 7.27. The Bertz CT molecular complexity index is 1120. The molecule has 3 aromatic carbocycles. The van der Waals surface area contributed by atoms with Gasteiger partial charge in [0.05, 0.1) is 20.3 Å². The Morgan fingerprint density at radius 1 is 0.806 bits per heavy atom. The van der Waals surface area contributed by atoms with Gasteiger partial charge in [-0.15, -0.1) is 0 Å². The fourth-order valence-corrected chi connectivity index (χ4v) is 4.59. The summed E-state index contributed by atoms with van der Waals surface area (Å²) >= 11 is 0. The molecule has 6 nitrogen and oxygen atoms in total. The lowest BCUT2D eigenvalue weighted by Gasteiger charge is -2.38. The molecule has 0 aliphatic carbocycles. The lowest BCUT2D eigenvalue weighted by atomic mass is 9.83. The smallest absolute Gasteiger partial charge is 0.599 e. The monoisotopic (exact) mass is 416 g/mol. The van der Waals surface area contributed by atoms with Gasteiger partial charge in [-0.05, 0) is 55.5 Å². The molecular formula is C24H25BN2O4. The third-order valence-electron chi connectivity index (χ3n) is 6.21. The van der Waals surface area contributed by atoms with Crippen LogP contribution in [0.3, 0.4) is 0 Å². The van der Waals surface area contributed by atoms with E-state index in [1.807, 2.05) is 72.8 Å². The summed E-state index contributed by atoms with van der Waals surface area (Å²) in [6.45, 7) is 2.22. The summed E-state index contributed by atoms with van der Waals surface area (Å²) in [4.78, 5) is 2.22. The van der Waals surface area contributed by atoms with Gasteiger partial charge in [0.15, 0.2) is 5.69 Å². The number of fused-ring (bicyclic) bond motifs is 1. The number of hydrogen-bond donors (Lipinski definition) is 0. The molecule has 31 heavy (non-hydrogen) atoms. The summed E-state index contributed by atoms with van der Waals surface area (Å²) in [5.74, 6) is 3.09. The van der Waals surface area contributed by atoms with Crippen molar-refractivity contribution in [1.82, 2.24) is 0 Å². The molecule has 2 aliphatic rings. The van der Waals surface area contributed by atoms with Crippen molar-refractivity contribution in [2.24, 2.45) is 0 Å². The van der Waals surface area contributed by atoms with Gasteiger partial charge < -0.3 is 28.1 Å². The molecule has 0 fully saturated rings. The molecular weight excluding hydrogens is 391 g/mol. The van der Waals surface area contributed by atoms with Crippen LogP contribution in [0.2, 0.25) is 0 Å². The fourth-order valence-electron chi connectivity index (χ4n) is 4.59. The molecule has 7 heteroatoms. The first-order valence-corrected chi connectivity index (χ1v) is 10.4. The first-order valence-electron chi connectivity index (χ1n) is 10.4. The Morgan fingerprint density at radius 2 is 1.32 bits per heavy atom. The lowest BCUT2D eigenvalue weighted by molar-refractivity contribution is -0.328. The Hall–Kier alpha value is -3.61. The number of hydrogen-bond acceptors (Lipinski definition) is 5. The molecule has 5 rings (SSSR count). The van der Waals surface area contributed by atoms with Crippen molar-refractivity contribution in [3.05, 3.63) is 72.8 Å². The lowest BCUT2D eigenvalue weighted by Crippen LogP contribution is -2.65. The molecule has 0 saturated heterocycles. The van der Waals surface area contributed by atoms with Crippen molar-refractivity contribution in [2.45, 2.75) is 19.9 Å². The van der Waals surface area contributed by atoms with Gasteiger partial charge in [-0.2, -0.15) is 0 Å². The molecule has 0 radical (unpaired) electrons. The number of rotatable bonds is 4. The highest BCUT2D eigenvalue weighted by molar-refractivity contribution is 6.69. The molecule has 0 aromatic heterocycles. The maximum Gasteiger partial charge on any atom is 0.776 e. The summed E-state index contributed by atoms with van der Waals surface area (Å²) < 4.78 is 26.2. The van der Waals surface area contributed by atoms with E-state index in [0.717, 1.165) is 40.1 Å². The number of ether oxygens (including phenoxy) is 2. The van der Waals surface area contributed by atoms with Crippen molar-refractivity contribution in [3.8, 4) is 23.0 Å².